The lowest BCUT2D eigenvalue weighted by Gasteiger charge is -2.20. The average molecular weight is 929 g/mol. The predicted molar refractivity (Wildman–Crippen MR) is 287 cm³/mol. The van der Waals surface area contributed by atoms with Crippen LogP contribution in [0.3, 0.4) is 0 Å². The number of aliphatic hydroxyl groups excluding tert-OH is 2. The van der Waals surface area contributed by atoms with E-state index in [9.17, 15) is 19.8 Å². The van der Waals surface area contributed by atoms with Gasteiger partial charge in [0.15, 0.2) is 0 Å². The molecule has 0 aromatic rings. The molecule has 66 heavy (non-hydrogen) atoms. The number of hydrogen-bond acceptors (Lipinski definition) is 5. The van der Waals surface area contributed by atoms with Gasteiger partial charge < -0.3 is 20.3 Å². The predicted octanol–water partition coefficient (Wildman–Crippen LogP) is 18.0. The van der Waals surface area contributed by atoms with Gasteiger partial charge in [-0.3, -0.25) is 9.59 Å². The number of esters is 1. The first-order chi connectivity index (χ1) is 32.5. The molecule has 388 valence electrons. The molecular weight excluding hydrogens is 815 g/mol. The number of allylic oxidation sites excluding steroid dienone is 5. The molecule has 0 radical (unpaired) electrons. The molecule has 0 saturated carbocycles. The maximum absolute atomic E-state index is 12.5. The van der Waals surface area contributed by atoms with Gasteiger partial charge in [-0.05, 0) is 83.5 Å². The number of carbonyl (C=O) groups is 2. The zero-order valence-electron chi connectivity index (χ0n) is 44.2. The van der Waals surface area contributed by atoms with Gasteiger partial charge in [0.25, 0.3) is 0 Å². The van der Waals surface area contributed by atoms with E-state index in [-0.39, 0.29) is 18.5 Å². The normalized spacial score (nSPS) is 12.8. The summed E-state index contributed by atoms with van der Waals surface area (Å²) >= 11 is 0. The monoisotopic (exact) mass is 928 g/mol. The summed E-state index contributed by atoms with van der Waals surface area (Å²) in [5.74, 6) is -0.149. The smallest absolute Gasteiger partial charge is 0.305 e. The van der Waals surface area contributed by atoms with E-state index < -0.39 is 12.1 Å². The maximum Gasteiger partial charge on any atom is 0.305 e. The van der Waals surface area contributed by atoms with Gasteiger partial charge in [0.05, 0.1) is 25.4 Å². The highest BCUT2D eigenvalue weighted by Gasteiger charge is 2.18. The fourth-order valence-corrected chi connectivity index (χ4v) is 8.86. The summed E-state index contributed by atoms with van der Waals surface area (Å²) in [6.45, 7) is 4.81. The minimum absolute atomic E-state index is 0.0466. The third kappa shape index (κ3) is 51.5. The van der Waals surface area contributed by atoms with Crippen LogP contribution in [0.15, 0.2) is 36.5 Å². The molecule has 3 N–H and O–H groups in total. The summed E-state index contributed by atoms with van der Waals surface area (Å²) in [4.78, 5) is 24.5. The van der Waals surface area contributed by atoms with Gasteiger partial charge in [-0.1, -0.05) is 249 Å². The molecule has 1 amide bonds. The van der Waals surface area contributed by atoms with Gasteiger partial charge in [0.1, 0.15) is 0 Å². The molecule has 2 atom stereocenters. The van der Waals surface area contributed by atoms with Crippen LogP contribution in [0.25, 0.3) is 0 Å². The van der Waals surface area contributed by atoms with Crippen LogP contribution >= 0.6 is 0 Å². The number of carbonyl (C=O) groups excluding carboxylic acids is 2. The number of unbranched alkanes of at least 4 members (excludes halogenated alkanes) is 39. The molecular formula is C60H113NO5. The van der Waals surface area contributed by atoms with Crippen LogP contribution < -0.4 is 5.32 Å². The number of amides is 1. The van der Waals surface area contributed by atoms with E-state index in [1.807, 2.05) is 6.08 Å². The Labute approximate surface area is 411 Å². The molecule has 0 bridgehead atoms. The molecule has 0 aliphatic heterocycles. The van der Waals surface area contributed by atoms with Gasteiger partial charge in [0.2, 0.25) is 5.91 Å². The number of rotatable bonds is 54. The fraction of sp³-hybridized carbons (Fsp3) is 0.867. The van der Waals surface area contributed by atoms with E-state index in [0.717, 1.165) is 77.0 Å². The van der Waals surface area contributed by atoms with Gasteiger partial charge >= 0.3 is 5.97 Å². The molecule has 0 fully saturated rings. The third-order valence-corrected chi connectivity index (χ3v) is 13.4. The van der Waals surface area contributed by atoms with E-state index in [0.29, 0.717) is 19.4 Å². The Bertz CT molecular complexity index is 1070. The van der Waals surface area contributed by atoms with Crippen LogP contribution in [-0.4, -0.2) is 47.4 Å². The third-order valence-electron chi connectivity index (χ3n) is 13.4. The number of hydrogen-bond donors (Lipinski definition) is 3. The molecule has 0 aliphatic carbocycles. The highest BCUT2D eigenvalue weighted by atomic mass is 16.5. The molecule has 6 nitrogen and oxygen atoms in total. The first-order valence-electron chi connectivity index (χ1n) is 29.3. The summed E-state index contributed by atoms with van der Waals surface area (Å²) in [5.41, 5.74) is 0. The second-order valence-corrected chi connectivity index (χ2v) is 20.0. The van der Waals surface area contributed by atoms with E-state index in [1.54, 1.807) is 6.08 Å². The van der Waals surface area contributed by atoms with E-state index in [4.69, 9.17) is 4.74 Å². The molecule has 0 aromatic carbocycles. The molecule has 0 rings (SSSR count). The van der Waals surface area contributed by atoms with Crippen molar-refractivity contribution in [3.63, 3.8) is 0 Å². The second kappa shape index (κ2) is 55.7. The summed E-state index contributed by atoms with van der Waals surface area (Å²) < 4.78 is 5.43. The van der Waals surface area contributed by atoms with Crippen molar-refractivity contribution in [2.24, 2.45) is 0 Å². The summed E-state index contributed by atoms with van der Waals surface area (Å²) in [6, 6.07) is -0.655. The first-order valence-corrected chi connectivity index (χ1v) is 29.3. The second-order valence-electron chi connectivity index (χ2n) is 20.0. The number of aliphatic hydroxyl groups is 2. The topological polar surface area (TPSA) is 95.9 Å². The Morgan fingerprint density at radius 3 is 1.08 bits per heavy atom. The van der Waals surface area contributed by atoms with Crippen molar-refractivity contribution in [1.82, 2.24) is 5.32 Å². The van der Waals surface area contributed by atoms with Crippen molar-refractivity contribution >= 4 is 11.9 Å². The Balaban J connectivity index is 3.54. The van der Waals surface area contributed by atoms with Gasteiger partial charge in [-0.15, -0.1) is 0 Å². The van der Waals surface area contributed by atoms with E-state index in [1.165, 1.54) is 205 Å². The molecule has 0 heterocycles. The van der Waals surface area contributed by atoms with Crippen molar-refractivity contribution in [2.75, 3.05) is 13.2 Å². The first kappa shape index (κ1) is 64.1. The van der Waals surface area contributed by atoms with E-state index in [2.05, 4.69) is 43.5 Å². The lowest BCUT2D eigenvalue weighted by atomic mass is 10.0. The highest BCUT2D eigenvalue weighted by molar-refractivity contribution is 5.76. The van der Waals surface area contributed by atoms with Crippen molar-refractivity contribution < 1.29 is 24.5 Å². The van der Waals surface area contributed by atoms with Gasteiger partial charge in [0, 0.05) is 12.8 Å². The average Bonchev–Trinajstić information content (AvgIpc) is 3.32. The minimum atomic E-state index is -0.868. The molecule has 0 aromatic heterocycles. The Hall–Kier alpha value is -1.92. The molecule has 0 saturated heterocycles. The lowest BCUT2D eigenvalue weighted by molar-refractivity contribution is -0.143. The summed E-state index contributed by atoms with van der Waals surface area (Å²) in [6.07, 6.45) is 68.9. The molecule has 2 unspecified atom stereocenters. The Kier molecular flexibility index (Phi) is 54.1. The van der Waals surface area contributed by atoms with E-state index >= 15 is 0 Å². The van der Waals surface area contributed by atoms with Crippen molar-refractivity contribution in [1.29, 1.82) is 0 Å². The van der Waals surface area contributed by atoms with Gasteiger partial charge in [-0.25, -0.2) is 0 Å². The highest BCUT2D eigenvalue weighted by Crippen LogP contribution is 2.17. The minimum Gasteiger partial charge on any atom is -0.466 e. The van der Waals surface area contributed by atoms with Crippen molar-refractivity contribution in [2.45, 2.75) is 321 Å². The molecule has 6 heteroatoms. The standard InChI is InChI=1S/C60H113NO5/c1-3-5-7-9-11-13-15-17-19-20-21-22-23-24-25-26-27-28-29-30-32-36-40-44-48-52-58(63)57(56-62)61-59(64)53-49-45-41-37-34-35-39-43-47-51-55-66-60(65)54-50-46-42-38-33-31-18-16-14-12-10-8-6-4-2/h16,18,35,39,48,52,57-58,62-63H,3-15,17,19-34,36-38,40-47,49-51,53-56H2,1-2H3,(H,61,64)/b18-16-,39-35-,52-48+. The van der Waals surface area contributed by atoms with Crippen molar-refractivity contribution in [3.8, 4) is 0 Å². The van der Waals surface area contributed by atoms with Crippen LogP contribution in [-0.2, 0) is 14.3 Å². The maximum atomic E-state index is 12.5. The van der Waals surface area contributed by atoms with Crippen LogP contribution in [0, 0.1) is 0 Å². The Morgan fingerprint density at radius 1 is 0.409 bits per heavy atom. The summed E-state index contributed by atoms with van der Waals surface area (Å²) in [7, 11) is 0. The Morgan fingerprint density at radius 2 is 0.712 bits per heavy atom. The quantitative estimate of drug-likeness (QED) is 0.0321. The number of ether oxygens (including phenoxy) is 1. The largest absolute Gasteiger partial charge is 0.466 e. The van der Waals surface area contributed by atoms with Crippen LogP contribution in [0.2, 0.25) is 0 Å². The SMILES string of the molecule is CCCCCCC/C=C\CCCCCCCC(=O)OCCCC/C=C\CCCCCCC(=O)NC(CO)C(O)/C=C/CCCCCCCCCCCCCCCCCCCCCCCCC. The number of nitrogens with one attached hydrogen (secondary N) is 1. The zero-order valence-corrected chi connectivity index (χ0v) is 44.2. The van der Waals surface area contributed by atoms with Crippen LogP contribution in [0.5, 0.6) is 0 Å². The molecule has 0 spiro atoms. The lowest BCUT2D eigenvalue weighted by Crippen LogP contribution is -2.45. The zero-order chi connectivity index (χ0) is 47.9. The van der Waals surface area contributed by atoms with Crippen LogP contribution in [0.4, 0.5) is 0 Å². The molecule has 0 aliphatic rings. The van der Waals surface area contributed by atoms with Crippen LogP contribution in [0.1, 0.15) is 309 Å². The van der Waals surface area contributed by atoms with Crippen molar-refractivity contribution in [3.05, 3.63) is 36.5 Å². The van der Waals surface area contributed by atoms with Gasteiger partial charge in [-0.2, -0.15) is 0 Å². The summed E-state index contributed by atoms with van der Waals surface area (Å²) in [5, 5.41) is 23.2. The fourth-order valence-electron chi connectivity index (χ4n) is 8.86.